The third-order valence-corrected chi connectivity index (χ3v) is 3.24. The maximum Gasteiger partial charge on any atom is 0.145 e. The largest absolute Gasteiger partial charge is 0.393 e. The Hall–Kier alpha value is -1.45. The van der Waals surface area contributed by atoms with Gasteiger partial charge in [-0.3, -0.25) is 4.98 Å². The second-order valence-corrected chi connectivity index (χ2v) is 4.84. The van der Waals surface area contributed by atoms with Crippen molar-refractivity contribution in [2.24, 2.45) is 0 Å². The van der Waals surface area contributed by atoms with Gasteiger partial charge < -0.3 is 5.11 Å². The van der Waals surface area contributed by atoms with Gasteiger partial charge in [0.25, 0.3) is 0 Å². The van der Waals surface area contributed by atoms with E-state index in [1.807, 2.05) is 18.2 Å². The maximum atomic E-state index is 13.7. The summed E-state index contributed by atoms with van der Waals surface area (Å²) in [5.74, 6) is -0.443. The third kappa shape index (κ3) is 4.01. The molecule has 1 aromatic carbocycles. The van der Waals surface area contributed by atoms with Gasteiger partial charge in [0, 0.05) is 18.3 Å². The van der Waals surface area contributed by atoms with Crippen LogP contribution in [0.25, 0.3) is 0 Å². The molecule has 2 rings (SSSR count). The first-order chi connectivity index (χ1) is 9.16. The van der Waals surface area contributed by atoms with E-state index in [9.17, 15) is 9.50 Å². The quantitative estimate of drug-likeness (QED) is 0.910. The van der Waals surface area contributed by atoms with Crippen molar-refractivity contribution in [3.63, 3.8) is 0 Å². The van der Waals surface area contributed by atoms with Crippen molar-refractivity contribution in [3.05, 3.63) is 64.7 Å². The summed E-state index contributed by atoms with van der Waals surface area (Å²) in [7, 11) is 0. The van der Waals surface area contributed by atoms with Crippen molar-refractivity contribution in [1.82, 2.24) is 4.98 Å². The van der Waals surface area contributed by atoms with E-state index in [2.05, 4.69) is 4.98 Å². The van der Waals surface area contributed by atoms with Crippen LogP contribution in [-0.2, 0) is 12.8 Å². The zero-order chi connectivity index (χ0) is 13.7. The molecule has 0 spiro atoms. The van der Waals surface area contributed by atoms with Gasteiger partial charge >= 0.3 is 0 Å². The normalized spacial score (nSPS) is 12.4. The van der Waals surface area contributed by atoms with Crippen LogP contribution in [0.15, 0.2) is 42.6 Å². The number of aliphatic hydroxyl groups excluding tert-OH is 1. The molecule has 0 aliphatic carbocycles. The highest BCUT2D eigenvalue weighted by Gasteiger charge is 2.11. The van der Waals surface area contributed by atoms with Crippen molar-refractivity contribution in [2.45, 2.75) is 25.4 Å². The van der Waals surface area contributed by atoms with Crippen LogP contribution in [0.3, 0.4) is 0 Å². The minimum Gasteiger partial charge on any atom is -0.393 e. The molecule has 0 saturated heterocycles. The lowest BCUT2D eigenvalue weighted by molar-refractivity contribution is 0.163. The van der Waals surface area contributed by atoms with Gasteiger partial charge in [-0.15, -0.1) is 0 Å². The predicted octanol–water partition coefficient (Wildman–Crippen LogP) is 3.41. The first-order valence-electron chi connectivity index (χ1n) is 6.17. The fourth-order valence-electron chi connectivity index (χ4n) is 1.92. The average molecular weight is 280 g/mol. The molecule has 0 saturated carbocycles. The monoisotopic (exact) mass is 279 g/mol. The van der Waals surface area contributed by atoms with Gasteiger partial charge in [-0.25, -0.2) is 4.39 Å². The van der Waals surface area contributed by atoms with E-state index in [-0.39, 0.29) is 11.4 Å². The zero-order valence-corrected chi connectivity index (χ0v) is 11.1. The molecule has 4 heteroatoms. The average Bonchev–Trinajstić information content (AvgIpc) is 2.43. The summed E-state index contributed by atoms with van der Waals surface area (Å²) in [6.07, 6.45) is 2.60. The lowest BCUT2D eigenvalue weighted by Gasteiger charge is -2.11. The van der Waals surface area contributed by atoms with Crippen LogP contribution in [0.1, 0.15) is 17.7 Å². The molecule has 19 heavy (non-hydrogen) atoms. The van der Waals surface area contributed by atoms with Crippen LogP contribution < -0.4 is 0 Å². The van der Waals surface area contributed by atoms with Gasteiger partial charge in [0.2, 0.25) is 0 Å². The summed E-state index contributed by atoms with van der Waals surface area (Å²) in [6.45, 7) is 0. The first-order valence-corrected chi connectivity index (χ1v) is 6.55. The number of hydrogen-bond donors (Lipinski definition) is 1. The van der Waals surface area contributed by atoms with Crippen LogP contribution in [-0.4, -0.2) is 16.2 Å². The lowest BCUT2D eigenvalue weighted by atomic mass is 10.0. The van der Waals surface area contributed by atoms with Crippen LogP contribution in [0, 0.1) is 5.82 Å². The molecule has 2 aromatic rings. The van der Waals surface area contributed by atoms with E-state index >= 15 is 0 Å². The van der Waals surface area contributed by atoms with E-state index in [1.165, 1.54) is 6.07 Å². The summed E-state index contributed by atoms with van der Waals surface area (Å²) in [6, 6.07) is 10.5. The van der Waals surface area contributed by atoms with Crippen molar-refractivity contribution < 1.29 is 9.50 Å². The molecule has 0 radical (unpaired) electrons. The highest BCUT2D eigenvalue weighted by molar-refractivity contribution is 6.30. The van der Waals surface area contributed by atoms with Crippen LogP contribution in [0.5, 0.6) is 0 Å². The van der Waals surface area contributed by atoms with Gasteiger partial charge in [0.15, 0.2) is 0 Å². The molecule has 0 aliphatic rings. The van der Waals surface area contributed by atoms with Gasteiger partial charge in [0.1, 0.15) is 5.82 Å². The van der Waals surface area contributed by atoms with Crippen LogP contribution >= 0.6 is 11.6 Å². The lowest BCUT2D eigenvalue weighted by Crippen LogP contribution is -2.13. The SMILES string of the molecule is OC(CCc1ccccn1)Cc1cccc(Cl)c1F. The smallest absolute Gasteiger partial charge is 0.145 e. The van der Waals surface area contributed by atoms with Gasteiger partial charge in [-0.1, -0.05) is 29.8 Å². The highest BCUT2D eigenvalue weighted by Crippen LogP contribution is 2.19. The number of pyridine rings is 1. The topological polar surface area (TPSA) is 33.1 Å². The Morgan fingerprint density at radius 1 is 1.21 bits per heavy atom. The molecule has 0 fully saturated rings. The van der Waals surface area contributed by atoms with Crippen molar-refractivity contribution in [1.29, 1.82) is 0 Å². The Bertz CT molecular complexity index is 533. The number of rotatable bonds is 5. The maximum absolute atomic E-state index is 13.7. The number of halogens is 2. The van der Waals surface area contributed by atoms with Crippen molar-refractivity contribution in [3.8, 4) is 0 Å². The van der Waals surface area contributed by atoms with E-state index < -0.39 is 11.9 Å². The van der Waals surface area contributed by atoms with Crippen molar-refractivity contribution in [2.75, 3.05) is 0 Å². The molecular formula is C15H15ClFNO. The molecule has 2 nitrogen and oxygen atoms in total. The standard InChI is InChI=1S/C15H15ClFNO/c16-14-6-3-4-11(15(14)17)10-13(19)8-7-12-5-1-2-9-18-12/h1-6,9,13,19H,7-8,10H2. The minimum absolute atomic E-state index is 0.0921. The van der Waals surface area contributed by atoms with E-state index in [1.54, 1.807) is 18.3 Å². The molecule has 100 valence electrons. The van der Waals surface area contributed by atoms with Gasteiger partial charge in [-0.05, 0) is 36.6 Å². The van der Waals surface area contributed by atoms with Crippen LogP contribution in [0.4, 0.5) is 4.39 Å². The van der Waals surface area contributed by atoms with E-state index in [4.69, 9.17) is 11.6 Å². The minimum atomic E-state index is -0.602. The molecule has 0 bridgehead atoms. The Kier molecular flexibility index (Phi) is 4.88. The Morgan fingerprint density at radius 2 is 2.05 bits per heavy atom. The molecule has 1 heterocycles. The Balaban J connectivity index is 1.91. The number of nitrogens with zero attached hydrogens (tertiary/aromatic N) is 1. The summed E-state index contributed by atoms with van der Waals surface area (Å²) in [5.41, 5.74) is 1.37. The summed E-state index contributed by atoms with van der Waals surface area (Å²) in [5, 5.41) is 10.0. The van der Waals surface area contributed by atoms with E-state index in [0.29, 0.717) is 18.4 Å². The number of hydrogen-bond acceptors (Lipinski definition) is 2. The fourth-order valence-corrected chi connectivity index (χ4v) is 2.12. The number of aliphatic hydroxyl groups is 1. The Labute approximate surface area is 116 Å². The summed E-state index contributed by atoms with van der Waals surface area (Å²) in [4.78, 5) is 4.18. The first kappa shape index (κ1) is 14.0. The van der Waals surface area contributed by atoms with Gasteiger partial charge in [-0.2, -0.15) is 0 Å². The summed E-state index contributed by atoms with van der Waals surface area (Å²) < 4.78 is 13.7. The third-order valence-electron chi connectivity index (χ3n) is 2.95. The number of aryl methyl sites for hydroxylation is 1. The second kappa shape index (κ2) is 6.64. The molecule has 1 N–H and O–H groups in total. The molecule has 1 unspecified atom stereocenters. The number of benzene rings is 1. The van der Waals surface area contributed by atoms with Crippen molar-refractivity contribution >= 4 is 11.6 Å². The molecule has 0 amide bonds. The Morgan fingerprint density at radius 3 is 2.79 bits per heavy atom. The molecule has 1 atom stereocenters. The fraction of sp³-hybridized carbons (Fsp3) is 0.267. The summed E-state index contributed by atoms with van der Waals surface area (Å²) >= 11 is 5.70. The zero-order valence-electron chi connectivity index (χ0n) is 10.4. The highest BCUT2D eigenvalue weighted by atomic mass is 35.5. The number of aromatic nitrogens is 1. The van der Waals surface area contributed by atoms with E-state index in [0.717, 1.165) is 5.69 Å². The molecular weight excluding hydrogens is 265 g/mol. The predicted molar refractivity (Wildman–Crippen MR) is 73.7 cm³/mol. The second-order valence-electron chi connectivity index (χ2n) is 4.43. The van der Waals surface area contributed by atoms with Gasteiger partial charge in [0.05, 0.1) is 11.1 Å². The van der Waals surface area contributed by atoms with Crippen LogP contribution in [0.2, 0.25) is 5.02 Å². The molecule has 0 aliphatic heterocycles. The molecule has 1 aromatic heterocycles.